The van der Waals surface area contributed by atoms with Crippen LogP contribution in [0.5, 0.6) is 0 Å². The Morgan fingerprint density at radius 1 is 1.37 bits per heavy atom. The maximum atomic E-state index is 11.3. The Labute approximate surface area is 119 Å². The number of thioether (sulfide) groups is 1. The van der Waals surface area contributed by atoms with Crippen LogP contribution in [-0.4, -0.2) is 21.5 Å². The maximum absolute atomic E-state index is 11.3. The van der Waals surface area contributed by atoms with Gasteiger partial charge in [0.1, 0.15) is 5.82 Å². The molecule has 1 heterocycles. The summed E-state index contributed by atoms with van der Waals surface area (Å²) < 4.78 is 0. The predicted octanol–water partition coefficient (Wildman–Crippen LogP) is 2.90. The fraction of sp³-hybridized carbons (Fsp3) is 0.0833. The van der Waals surface area contributed by atoms with Gasteiger partial charge in [0.25, 0.3) is 5.24 Å². The van der Waals surface area contributed by atoms with Gasteiger partial charge < -0.3 is 11.1 Å². The third kappa shape index (κ3) is 3.36. The molecule has 0 atom stereocenters. The summed E-state index contributed by atoms with van der Waals surface area (Å²) >= 11 is 6.89. The predicted molar refractivity (Wildman–Crippen MR) is 78.1 cm³/mol. The molecule has 0 bridgehead atoms. The monoisotopic (exact) mass is 294 g/mol. The van der Waals surface area contributed by atoms with Crippen molar-refractivity contribution in [2.45, 2.75) is 5.16 Å². The van der Waals surface area contributed by atoms with E-state index >= 15 is 0 Å². The van der Waals surface area contributed by atoms with Crippen LogP contribution in [0.4, 0.5) is 17.2 Å². The second-order valence-electron chi connectivity index (χ2n) is 3.64. The molecule has 1 aromatic carbocycles. The number of carbonyl (C=O) groups excluding carboxylic acids is 1. The van der Waals surface area contributed by atoms with Crippen molar-refractivity contribution in [3.05, 3.63) is 36.0 Å². The number of rotatable bonds is 4. The average molecular weight is 295 g/mol. The van der Waals surface area contributed by atoms with Gasteiger partial charge in [-0.15, -0.1) is 0 Å². The molecule has 0 radical (unpaired) electrons. The SMILES string of the molecule is CSc1ncc(C(=O)Cl)c(Nc2ccc(N)cc2)n1. The molecule has 0 unspecified atom stereocenters. The first kappa shape index (κ1) is 13.6. The standard InChI is InChI=1S/C12H11ClN4OS/c1-19-12-15-6-9(10(13)18)11(17-12)16-8-4-2-7(14)3-5-8/h2-6H,14H2,1H3,(H,15,16,17). The first-order valence-electron chi connectivity index (χ1n) is 5.33. The van der Waals surface area contributed by atoms with Crippen molar-refractivity contribution in [3.63, 3.8) is 0 Å². The number of carbonyl (C=O) groups is 1. The highest BCUT2D eigenvalue weighted by atomic mass is 35.5. The molecule has 98 valence electrons. The molecule has 0 aliphatic rings. The highest BCUT2D eigenvalue weighted by Crippen LogP contribution is 2.22. The third-order valence-electron chi connectivity index (χ3n) is 2.33. The van der Waals surface area contributed by atoms with E-state index in [4.69, 9.17) is 17.3 Å². The molecular formula is C12H11ClN4OS. The van der Waals surface area contributed by atoms with Gasteiger partial charge >= 0.3 is 0 Å². The number of nitrogen functional groups attached to an aromatic ring is 1. The smallest absolute Gasteiger partial charge is 0.257 e. The molecule has 0 aliphatic carbocycles. The van der Waals surface area contributed by atoms with Gasteiger partial charge in [-0.25, -0.2) is 9.97 Å². The van der Waals surface area contributed by atoms with E-state index in [0.717, 1.165) is 5.69 Å². The van der Waals surface area contributed by atoms with Crippen molar-refractivity contribution >= 4 is 45.8 Å². The Hall–Kier alpha value is -1.79. The van der Waals surface area contributed by atoms with Crippen LogP contribution < -0.4 is 11.1 Å². The first-order chi connectivity index (χ1) is 9.10. The number of nitrogens with zero attached hydrogens (tertiary/aromatic N) is 2. The minimum atomic E-state index is -0.606. The number of anilines is 3. The Kier molecular flexibility index (Phi) is 4.24. The number of nitrogens with one attached hydrogen (secondary N) is 1. The van der Waals surface area contributed by atoms with E-state index in [1.807, 2.05) is 6.26 Å². The summed E-state index contributed by atoms with van der Waals surface area (Å²) in [5, 5.41) is 2.98. The molecule has 0 aliphatic heterocycles. The minimum absolute atomic E-state index is 0.233. The Morgan fingerprint density at radius 3 is 2.63 bits per heavy atom. The lowest BCUT2D eigenvalue weighted by molar-refractivity contribution is 0.108. The molecule has 1 aromatic heterocycles. The summed E-state index contributed by atoms with van der Waals surface area (Å²) in [5.74, 6) is 0.379. The molecule has 0 amide bonds. The molecule has 0 fully saturated rings. The zero-order valence-electron chi connectivity index (χ0n) is 10.1. The molecule has 0 saturated heterocycles. The average Bonchev–Trinajstić information content (AvgIpc) is 2.41. The highest BCUT2D eigenvalue weighted by Gasteiger charge is 2.12. The number of hydrogen-bond donors (Lipinski definition) is 2. The van der Waals surface area contributed by atoms with Gasteiger partial charge in [0.2, 0.25) is 0 Å². The van der Waals surface area contributed by atoms with E-state index in [0.29, 0.717) is 16.7 Å². The minimum Gasteiger partial charge on any atom is -0.399 e. The molecule has 2 aromatic rings. The van der Waals surface area contributed by atoms with E-state index < -0.39 is 5.24 Å². The molecule has 0 saturated carbocycles. The van der Waals surface area contributed by atoms with Crippen LogP contribution >= 0.6 is 23.4 Å². The van der Waals surface area contributed by atoms with Crippen LogP contribution in [0.25, 0.3) is 0 Å². The van der Waals surface area contributed by atoms with Crippen LogP contribution in [0.15, 0.2) is 35.6 Å². The van der Waals surface area contributed by atoms with Gasteiger partial charge in [-0.05, 0) is 42.1 Å². The van der Waals surface area contributed by atoms with E-state index in [1.54, 1.807) is 24.3 Å². The lowest BCUT2D eigenvalue weighted by Gasteiger charge is -2.09. The lowest BCUT2D eigenvalue weighted by Crippen LogP contribution is -2.04. The zero-order valence-corrected chi connectivity index (χ0v) is 11.6. The van der Waals surface area contributed by atoms with Crippen molar-refractivity contribution in [2.24, 2.45) is 0 Å². The van der Waals surface area contributed by atoms with Crippen LogP contribution in [0.3, 0.4) is 0 Å². The topological polar surface area (TPSA) is 80.9 Å². The lowest BCUT2D eigenvalue weighted by atomic mass is 10.2. The van der Waals surface area contributed by atoms with Gasteiger partial charge in [-0.3, -0.25) is 4.79 Å². The number of nitrogens with two attached hydrogens (primary N) is 1. The molecule has 19 heavy (non-hydrogen) atoms. The summed E-state index contributed by atoms with van der Waals surface area (Å²) in [6, 6.07) is 7.08. The number of halogens is 1. The number of aromatic nitrogens is 2. The molecule has 7 heteroatoms. The first-order valence-corrected chi connectivity index (χ1v) is 6.94. The molecular weight excluding hydrogens is 284 g/mol. The van der Waals surface area contributed by atoms with Gasteiger partial charge in [0, 0.05) is 17.6 Å². The summed E-state index contributed by atoms with van der Waals surface area (Å²) in [6.07, 6.45) is 3.26. The normalized spacial score (nSPS) is 10.2. The summed E-state index contributed by atoms with van der Waals surface area (Å²) in [6.45, 7) is 0. The molecule has 2 rings (SSSR count). The summed E-state index contributed by atoms with van der Waals surface area (Å²) in [4.78, 5) is 19.6. The molecule has 0 spiro atoms. The molecule has 3 N–H and O–H groups in total. The van der Waals surface area contributed by atoms with Crippen LogP contribution in [0.2, 0.25) is 0 Å². The van der Waals surface area contributed by atoms with Gasteiger partial charge in [0.05, 0.1) is 5.56 Å². The van der Waals surface area contributed by atoms with Crippen molar-refractivity contribution < 1.29 is 4.79 Å². The fourth-order valence-electron chi connectivity index (χ4n) is 1.41. The van der Waals surface area contributed by atoms with Gasteiger partial charge in [-0.1, -0.05) is 11.8 Å². The fourth-order valence-corrected chi connectivity index (χ4v) is 1.89. The third-order valence-corrected chi connectivity index (χ3v) is 3.10. The summed E-state index contributed by atoms with van der Waals surface area (Å²) in [7, 11) is 0. The maximum Gasteiger partial charge on any atom is 0.257 e. The van der Waals surface area contributed by atoms with Gasteiger partial charge in [-0.2, -0.15) is 0 Å². The quantitative estimate of drug-likeness (QED) is 0.390. The van der Waals surface area contributed by atoms with E-state index in [2.05, 4.69) is 15.3 Å². The van der Waals surface area contributed by atoms with Crippen LogP contribution in [-0.2, 0) is 0 Å². The largest absolute Gasteiger partial charge is 0.399 e. The zero-order chi connectivity index (χ0) is 13.8. The van der Waals surface area contributed by atoms with Crippen LogP contribution in [0.1, 0.15) is 10.4 Å². The van der Waals surface area contributed by atoms with E-state index in [9.17, 15) is 4.79 Å². The number of benzene rings is 1. The second kappa shape index (κ2) is 5.90. The van der Waals surface area contributed by atoms with Crippen LogP contribution in [0, 0.1) is 0 Å². The van der Waals surface area contributed by atoms with Crippen molar-refractivity contribution in [3.8, 4) is 0 Å². The van der Waals surface area contributed by atoms with Crippen molar-refractivity contribution in [1.82, 2.24) is 9.97 Å². The summed E-state index contributed by atoms with van der Waals surface area (Å²) in [5.41, 5.74) is 7.27. The Balaban J connectivity index is 2.36. The van der Waals surface area contributed by atoms with E-state index in [1.165, 1.54) is 18.0 Å². The van der Waals surface area contributed by atoms with E-state index in [-0.39, 0.29) is 5.56 Å². The highest BCUT2D eigenvalue weighted by molar-refractivity contribution is 7.98. The Bertz CT molecular complexity index is 603. The van der Waals surface area contributed by atoms with Gasteiger partial charge in [0.15, 0.2) is 5.16 Å². The Morgan fingerprint density at radius 2 is 2.05 bits per heavy atom. The van der Waals surface area contributed by atoms with Crippen molar-refractivity contribution in [1.29, 1.82) is 0 Å². The molecule has 5 nitrogen and oxygen atoms in total. The number of hydrogen-bond acceptors (Lipinski definition) is 6. The van der Waals surface area contributed by atoms with Crippen molar-refractivity contribution in [2.75, 3.05) is 17.3 Å². The second-order valence-corrected chi connectivity index (χ2v) is 4.76.